The summed E-state index contributed by atoms with van der Waals surface area (Å²) < 4.78 is 10.1. The normalized spacial score (nSPS) is 17.3. The maximum atomic E-state index is 12.1. The number of hydrogen-bond acceptors (Lipinski definition) is 10. The topological polar surface area (TPSA) is 153 Å². The van der Waals surface area contributed by atoms with Crippen LogP contribution in [0.1, 0.15) is 72.1 Å². The number of carbonyl (C=O) groups is 5. The van der Waals surface area contributed by atoms with Crippen LogP contribution in [-0.2, 0) is 33.5 Å². The smallest absolute Gasteiger partial charge is 0.425 e. The Labute approximate surface area is 186 Å². The Balaban J connectivity index is 1.58. The van der Waals surface area contributed by atoms with Gasteiger partial charge in [0, 0.05) is 44.6 Å². The van der Waals surface area contributed by atoms with Crippen LogP contribution in [0.2, 0.25) is 0 Å². The minimum absolute atomic E-state index is 0.0374. The molecule has 0 bridgehead atoms. The molecule has 32 heavy (non-hydrogen) atoms. The second-order valence-electron chi connectivity index (χ2n) is 8.22. The Hall–Kier alpha value is -3.05. The van der Waals surface area contributed by atoms with Crippen LogP contribution in [0.15, 0.2) is 10.2 Å². The summed E-state index contributed by atoms with van der Waals surface area (Å²) in [5.41, 5.74) is -0.380. The number of hydrogen-bond donors (Lipinski definition) is 1. The van der Waals surface area contributed by atoms with Crippen molar-refractivity contribution in [2.24, 2.45) is 16.1 Å². The fourth-order valence-electron chi connectivity index (χ4n) is 2.76. The lowest BCUT2D eigenvalue weighted by atomic mass is 10.1. The zero-order chi connectivity index (χ0) is 23.7. The average Bonchev–Trinajstić information content (AvgIpc) is 3.39. The van der Waals surface area contributed by atoms with E-state index >= 15 is 0 Å². The number of nitrogens with zero attached hydrogens (tertiary/aromatic N) is 3. The van der Waals surface area contributed by atoms with Crippen LogP contribution in [0, 0.1) is 5.92 Å². The van der Waals surface area contributed by atoms with Gasteiger partial charge in [0.05, 0.1) is 0 Å². The van der Waals surface area contributed by atoms with Gasteiger partial charge in [-0.25, -0.2) is 4.79 Å². The van der Waals surface area contributed by atoms with E-state index < -0.39 is 30.2 Å². The number of imide groups is 1. The fraction of sp³-hybridized carbons (Fsp3) is 0.750. The summed E-state index contributed by atoms with van der Waals surface area (Å²) in [5.74, 6) is -2.25. The zero-order valence-corrected chi connectivity index (χ0v) is 18.6. The third-order valence-electron chi connectivity index (χ3n) is 4.82. The number of rotatable bonds is 13. The highest BCUT2D eigenvalue weighted by molar-refractivity contribution is 6.01. The van der Waals surface area contributed by atoms with Crippen LogP contribution >= 0.6 is 0 Å². The maximum Gasteiger partial charge on any atom is 0.537 e. The minimum Gasteiger partial charge on any atom is -0.425 e. The summed E-state index contributed by atoms with van der Waals surface area (Å²) in [6.45, 7) is 5.72. The first-order chi connectivity index (χ1) is 15.1. The van der Waals surface area contributed by atoms with Gasteiger partial charge in [0.25, 0.3) is 18.1 Å². The quantitative estimate of drug-likeness (QED) is 0.193. The Kier molecular flexibility index (Phi) is 9.09. The van der Waals surface area contributed by atoms with Crippen LogP contribution in [-0.4, -0.2) is 53.4 Å². The Bertz CT molecular complexity index is 745. The van der Waals surface area contributed by atoms with Gasteiger partial charge in [-0.3, -0.25) is 24.0 Å². The molecule has 0 aromatic rings. The molecule has 0 aromatic carbocycles. The molecule has 0 radical (unpaired) electrons. The second kappa shape index (κ2) is 11.5. The van der Waals surface area contributed by atoms with Gasteiger partial charge in [-0.15, -0.1) is 0 Å². The minimum atomic E-state index is -1.30. The lowest BCUT2D eigenvalue weighted by Crippen LogP contribution is -2.36. The van der Waals surface area contributed by atoms with Crippen molar-refractivity contribution in [3.8, 4) is 0 Å². The molecule has 0 aliphatic carbocycles. The summed E-state index contributed by atoms with van der Waals surface area (Å²) in [7, 11) is 0. The molecule has 12 heteroatoms. The van der Waals surface area contributed by atoms with Gasteiger partial charge in [-0.05, 0) is 19.8 Å². The second-order valence-corrected chi connectivity index (χ2v) is 8.22. The van der Waals surface area contributed by atoms with Gasteiger partial charge < -0.3 is 14.8 Å². The molecule has 0 spiro atoms. The Morgan fingerprint density at radius 3 is 2.28 bits per heavy atom. The predicted octanol–water partition coefficient (Wildman–Crippen LogP) is 2.37. The van der Waals surface area contributed by atoms with Crippen molar-refractivity contribution in [2.75, 3.05) is 6.54 Å². The first-order valence-electron chi connectivity index (χ1n) is 10.7. The van der Waals surface area contributed by atoms with Crippen molar-refractivity contribution in [2.45, 2.75) is 84.1 Å². The van der Waals surface area contributed by atoms with E-state index in [1.165, 1.54) is 0 Å². The van der Waals surface area contributed by atoms with E-state index in [-0.39, 0.29) is 36.8 Å². The largest absolute Gasteiger partial charge is 0.537 e. The highest BCUT2D eigenvalue weighted by Crippen LogP contribution is 2.31. The molecule has 2 aliphatic rings. The standard InChI is InChI=1S/C20H30N4O8/c1-13(2)18(31-19(29)32-24-15(26)8-9-16(24)27)30-17(28)7-5-4-6-12-21-14(25)10-11-20(3)22-23-20/h13,18H,4-12H2,1-3H3,(H,21,25). The molecule has 1 fully saturated rings. The molecule has 1 N–H and O–H groups in total. The van der Waals surface area contributed by atoms with Gasteiger partial charge in [0.1, 0.15) is 0 Å². The average molecular weight is 454 g/mol. The highest BCUT2D eigenvalue weighted by Gasteiger charge is 2.35. The summed E-state index contributed by atoms with van der Waals surface area (Å²) in [4.78, 5) is 63.2. The number of carbonyl (C=O) groups excluding carboxylic acids is 5. The number of amides is 3. The van der Waals surface area contributed by atoms with Crippen molar-refractivity contribution < 1.29 is 38.3 Å². The van der Waals surface area contributed by atoms with Crippen LogP contribution in [0.3, 0.4) is 0 Å². The first-order valence-corrected chi connectivity index (χ1v) is 10.7. The van der Waals surface area contributed by atoms with E-state index in [4.69, 9.17) is 9.47 Å². The van der Waals surface area contributed by atoms with E-state index in [9.17, 15) is 24.0 Å². The molecule has 0 aromatic heterocycles. The van der Waals surface area contributed by atoms with Crippen molar-refractivity contribution in [3.63, 3.8) is 0 Å². The molecular formula is C20H30N4O8. The SMILES string of the molecule is CC(C)C(OC(=O)CCCCCNC(=O)CCC1(C)N=N1)OC(=O)ON1C(=O)CCC1=O. The molecule has 2 heterocycles. The van der Waals surface area contributed by atoms with Gasteiger partial charge in [-0.2, -0.15) is 10.2 Å². The van der Waals surface area contributed by atoms with E-state index in [2.05, 4.69) is 20.4 Å². The molecule has 0 saturated carbocycles. The van der Waals surface area contributed by atoms with Crippen molar-refractivity contribution in [3.05, 3.63) is 0 Å². The van der Waals surface area contributed by atoms with Crippen molar-refractivity contribution in [1.82, 2.24) is 10.4 Å². The predicted molar refractivity (Wildman–Crippen MR) is 107 cm³/mol. The molecule has 1 atom stereocenters. The zero-order valence-electron chi connectivity index (χ0n) is 18.6. The number of ether oxygens (including phenoxy) is 2. The first kappa shape index (κ1) is 25.2. The van der Waals surface area contributed by atoms with E-state index in [1.807, 2.05) is 6.92 Å². The lowest BCUT2D eigenvalue weighted by molar-refractivity contribution is -0.199. The Morgan fingerprint density at radius 2 is 1.69 bits per heavy atom. The summed E-state index contributed by atoms with van der Waals surface area (Å²) in [6, 6.07) is 0. The molecule has 1 saturated heterocycles. The Morgan fingerprint density at radius 1 is 1.03 bits per heavy atom. The van der Waals surface area contributed by atoms with Crippen LogP contribution in [0.4, 0.5) is 4.79 Å². The molecule has 12 nitrogen and oxygen atoms in total. The molecular weight excluding hydrogens is 424 g/mol. The summed E-state index contributed by atoms with van der Waals surface area (Å²) >= 11 is 0. The van der Waals surface area contributed by atoms with Gasteiger partial charge in [0.2, 0.25) is 5.91 Å². The fourth-order valence-corrected chi connectivity index (χ4v) is 2.76. The van der Waals surface area contributed by atoms with Gasteiger partial charge >= 0.3 is 12.1 Å². The molecule has 2 aliphatic heterocycles. The number of hydroxylamine groups is 2. The van der Waals surface area contributed by atoms with Crippen LogP contribution in [0.25, 0.3) is 0 Å². The van der Waals surface area contributed by atoms with Crippen LogP contribution in [0.5, 0.6) is 0 Å². The molecule has 2 rings (SSSR count). The van der Waals surface area contributed by atoms with Crippen LogP contribution < -0.4 is 5.32 Å². The highest BCUT2D eigenvalue weighted by atomic mass is 16.9. The summed E-state index contributed by atoms with van der Waals surface area (Å²) in [6.07, 6.45) is 0.441. The molecule has 3 amide bonds. The number of nitrogens with one attached hydrogen (secondary N) is 1. The van der Waals surface area contributed by atoms with Gasteiger partial charge in [-0.1, -0.05) is 25.3 Å². The van der Waals surface area contributed by atoms with Crippen molar-refractivity contribution >= 4 is 29.8 Å². The van der Waals surface area contributed by atoms with E-state index in [0.29, 0.717) is 43.7 Å². The number of unbranched alkanes of at least 4 members (excludes halogenated alkanes) is 2. The van der Waals surface area contributed by atoms with Crippen molar-refractivity contribution in [1.29, 1.82) is 0 Å². The summed E-state index contributed by atoms with van der Waals surface area (Å²) in [5, 5.41) is 10.9. The van der Waals surface area contributed by atoms with E-state index in [1.54, 1.807) is 13.8 Å². The number of esters is 1. The lowest BCUT2D eigenvalue weighted by Gasteiger charge is -2.22. The third kappa shape index (κ3) is 8.60. The maximum absolute atomic E-state index is 12.1. The monoisotopic (exact) mass is 454 g/mol. The third-order valence-corrected chi connectivity index (χ3v) is 4.82. The molecule has 178 valence electrons. The van der Waals surface area contributed by atoms with Gasteiger partial charge in [0.15, 0.2) is 5.66 Å². The molecule has 1 unspecified atom stereocenters. The van der Waals surface area contributed by atoms with E-state index in [0.717, 1.165) is 0 Å².